The normalized spacial score (nSPS) is 11.9. The van der Waals surface area contributed by atoms with Gasteiger partial charge in [0.1, 0.15) is 5.69 Å². The van der Waals surface area contributed by atoms with Gasteiger partial charge in [0, 0.05) is 59.7 Å². The molecule has 10 aromatic rings. The smallest absolute Gasteiger partial charge is 0.235 e. The van der Waals surface area contributed by atoms with E-state index in [1.165, 1.54) is 41.7 Å². The largest absolute Gasteiger partial charge is 0.277 e. The Morgan fingerprint density at radius 1 is 0.543 bits per heavy atom. The molecule has 5 aromatic carbocycles. The van der Waals surface area contributed by atoms with Gasteiger partial charge in [0.25, 0.3) is 0 Å². The highest BCUT2D eigenvalue weighted by Gasteiger charge is 2.21. The molecule has 214 valence electrons. The van der Waals surface area contributed by atoms with E-state index in [1.54, 1.807) is 6.20 Å². The molecule has 0 bridgehead atoms. The second kappa shape index (κ2) is 9.76. The molecule has 0 radical (unpaired) electrons. The van der Waals surface area contributed by atoms with Crippen LogP contribution in [0.15, 0.2) is 140 Å². The van der Waals surface area contributed by atoms with Gasteiger partial charge in [0.2, 0.25) is 5.95 Å². The SMILES string of the molecule is c1ccc(-c2ccc(-c3nc(-n4c5ccccc5c5ccc6ccc7c8ccccc8sc7c6c54)nc4ccccc34)nc2)nc1. The molecule has 0 aliphatic heterocycles. The van der Waals surface area contributed by atoms with Crippen molar-refractivity contribution in [1.82, 2.24) is 24.5 Å². The lowest BCUT2D eigenvalue weighted by Crippen LogP contribution is -2.04. The number of fused-ring (bicyclic) bond motifs is 10. The van der Waals surface area contributed by atoms with Gasteiger partial charge in [0.15, 0.2) is 0 Å². The monoisotopic (exact) mass is 605 g/mol. The Morgan fingerprint density at radius 2 is 1.33 bits per heavy atom. The zero-order valence-corrected chi connectivity index (χ0v) is 25.2. The van der Waals surface area contributed by atoms with Crippen LogP contribution in [0.1, 0.15) is 0 Å². The molecule has 5 nitrogen and oxygen atoms in total. The van der Waals surface area contributed by atoms with Crippen LogP contribution in [0.5, 0.6) is 0 Å². The van der Waals surface area contributed by atoms with Gasteiger partial charge in [-0.3, -0.25) is 14.5 Å². The lowest BCUT2D eigenvalue weighted by atomic mass is 10.0. The molecule has 0 fully saturated rings. The number of hydrogen-bond donors (Lipinski definition) is 0. The fraction of sp³-hybridized carbons (Fsp3) is 0. The Bertz CT molecular complexity index is 2790. The van der Waals surface area contributed by atoms with Crippen LogP contribution in [-0.4, -0.2) is 24.5 Å². The van der Waals surface area contributed by atoms with Crippen molar-refractivity contribution in [3.63, 3.8) is 0 Å². The zero-order chi connectivity index (χ0) is 30.2. The predicted octanol–water partition coefficient (Wildman–Crippen LogP) is 10.4. The highest BCUT2D eigenvalue weighted by molar-refractivity contribution is 7.26. The summed E-state index contributed by atoms with van der Waals surface area (Å²) >= 11 is 1.85. The maximum Gasteiger partial charge on any atom is 0.235 e. The third-order valence-corrected chi connectivity index (χ3v) is 10.1. The Morgan fingerprint density at radius 3 is 2.17 bits per heavy atom. The molecule has 0 atom stereocenters. The van der Waals surface area contributed by atoms with E-state index in [9.17, 15) is 0 Å². The summed E-state index contributed by atoms with van der Waals surface area (Å²) in [6.07, 6.45) is 3.68. The van der Waals surface area contributed by atoms with E-state index in [1.807, 2.05) is 53.9 Å². The van der Waals surface area contributed by atoms with Gasteiger partial charge in [-0.1, -0.05) is 84.9 Å². The average molecular weight is 606 g/mol. The lowest BCUT2D eigenvalue weighted by Gasteiger charge is -2.13. The second-order valence-electron chi connectivity index (χ2n) is 11.5. The van der Waals surface area contributed by atoms with Crippen molar-refractivity contribution >= 4 is 75.0 Å². The molecule has 10 rings (SSSR count). The van der Waals surface area contributed by atoms with Crippen LogP contribution in [0.25, 0.3) is 92.2 Å². The minimum absolute atomic E-state index is 0.626. The Kier molecular flexibility index (Phi) is 5.38. The zero-order valence-electron chi connectivity index (χ0n) is 24.4. The van der Waals surface area contributed by atoms with Crippen LogP contribution >= 0.6 is 11.3 Å². The summed E-state index contributed by atoms with van der Waals surface area (Å²) in [4.78, 5) is 19.9. The highest BCUT2D eigenvalue weighted by Crippen LogP contribution is 2.44. The topological polar surface area (TPSA) is 56.5 Å². The molecule has 0 unspecified atom stereocenters. The summed E-state index contributed by atoms with van der Waals surface area (Å²) in [6.45, 7) is 0. The van der Waals surface area contributed by atoms with Crippen LogP contribution in [0.2, 0.25) is 0 Å². The molecule has 0 aliphatic carbocycles. The number of hydrogen-bond acceptors (Lipinski definition) is 5. The van der Waals surface area contributed by atoms with Crippen LogP contribution in [0.4, 0.5) is 0 Å². The molecule has 0 aliphatic rings. The first-order valence-corrected chi connectivity index (χ1v) is 16.0. The highest BCUT2D eigenvalue weighted by atomic mass is 32.1. The number of nitrogens with zero attached hydrogens (tertiary/aromatic N) is 5. The average Bonchev–Trinajstić information content (AvgIpc) is 3.68. The van der Waals surface area contributed by atoms with Crippen molar-refractivity contribution in [2.45, 2.75) is 0 Å². The molecule has 0 N–H and O–H groups in total. The summed E-state index contributed by atoms with van der Waals surface area (Å²) < 4.78 is 4.82. The van der Waals surface area contributed by atoms with Gasteiger partial charge >= 0.3 is 0 Å². The van der Waals surface area contributed by atoms with E-state index in [0.29, 0.717) is 5.95 Å². The number of pyridine rings is 2. The maximum absolute atomic E-state index is 5.32. The van der Waals surface area contributed by atoms with Gasteiger partial charge in [-0.05, 0) is 47.9 Å². The molecule has 0 saturated carbocycles. The van der Waals surface area contributed by atoms with Gasteiger partial charge in [-0.25, -0.2) is 9.97 Å². The molecule has 6 heteroatoms. The standard InChI is InChI=1S/C40H23N5S/c1-4-13-32-30(11-1)37(33-21-18-25(23-42-33)31-12-7-8-22-41-31)44-40(43-32)45-34-14-5-2-9-26(34)28-19-16-24-17-20-29-27-10-3-6-15-35(27)46-39(29)36(24)38(28)45/h1-23H. The first kappa shape index (κ1) is 25.4. The minimum Gasteiger partial charge on any atom is -0.277 e. The molecule has 46 heavy (non-hydrogen) atoms. The van der Waals surface area contributed by atoms with Crippen LogP contribution in [0, 0.1) is 0 Å². The molecular formula is C40H23N5S. The number of benzene rings is 5. The van der Waals surface area contributed by atoms with Crippen LogP contribution in [0.3, 0.4) is 0 Å². The lowest BCUT2D eigenvalue weighted by molar-refractivity contribution is 1.01. The van der Waals surface area contributed by atoms with Crippen molar-refractivity contribution < 1.29 is 0 Å². The van der Waals surface area contributed by atoms with Crippen LogP contribution in [-0.2, 0) is 0 Å². The Labute approximate surface area is 267 Å². The Balaban J connectivity index is 1.30. The first-order valence-electron chi connectivity index (χ1n) is 15.2. The molecule has 0 saturated heterocycles. The van der Waals surface area contributed by atoms with Crippen molar-refractivity contribution in [3.8, 4) is 28.6 Å². The van der Waals surface area contributed by atoms with E-state index in [2.05, 4.69) is 101 Å². The molecule has 0 spiro atoms. The van der Waals surface area contributed by atoms with Gasteiger partial charge in [-0.2, -0.15) is 0 Å². The quantitative estimate of drug-likeness (QED) is 0.201. The summed E-state index contributed by atoms with van der Waals surface area (Å²) in [7, 11) is 0. The minimum atomic E-state index is 0.626. The number of thiophene rings is 1. The molecular weight excluding hydrogens is 583 g/mol. The molecule has 5 aromatic heterocycles. The van der Waals surface area contributed by atoms with E-state index in [0.717, 1.165) is 44.6 Å². The maximum atomic E-state index is 5.32. The van der Waals surface area contributed by atoms with E-state index >= 15 is 0 Å². The Hall–Kier alpha value is -5.98. The summed E-state index contributed by atoms with van der Waals surface area (Å²) in [5.41, 5.74) is 6.50. The third-order valence-electron chi connectivity index (χ3n) is 8.92. The third kappa shape index (κ3) is 3.68. The van der Waals surface area contributed by atoms with Gasteiger partial charge in [-0.15, -0.1) is 11.3 Å². The molecule has 5 heterocycles. The van der Waals surface area contributed by atoms with Crippen molar-refractivity contribution in [3.05, 3.63) is 140 Å². The van der Waals surface area contributed by atoms with E-state index < -0.39 is 0 Å². The molecule has 0 amide bonds. The van der Waals surface area contributed by atoms with Crippen molar-refractivity contribution in [2.75, 3.05) is 0 Å². The fourth-order valence-corrected chi connectivity index (χ4v) is 8.09. The predicted molar refractivity (Wildman–Crippen MR) is 191 cm³/mol. The number of para-hydroxylation sites is 2. The first-order chi connectivity index (χ1) is 22.8. The number of aromatic nitrogens is 5. The summed E-state index contributed by atoms with van der Waals surface area (Å²) in [5.74, 6) is 0.626. The summed E-state index contributed by atoms with van der Waals surface area (Å²) in [5, 5.41) is 8.30. The fourth-order valence-electron chi connectivity index (χ4n) is 6.83. The van der Waals surface area contributed by atoms with Crippen molar-refractivity contribution in [1.29, 1.82) is 0 Å². The summed E-state index contributed by atoms with van der Waals surface area (Å²) in [6, 6.07) is 44.4. The van der Waals surface area contributed by atoms with E-state index in [4.69, 9.17) is 15.0 Å². The van der Waals surface area contributed by atoms with Crippen molar-refractivity contribution in [2.24, 2.45) is 0 Å². The van der Waals surface area contributed by atoms with E-state index in [-0.39, 0.29) is 0 Å². The van der Waals surface area contributed by atoms with Gasteiger partial charge < -0.3 is 0 Å². The number of rotatable bonds is 3. The van der Waals surface area contributed by atoms with Gasteiger partial charge in [0.05, 0.1) is 27.9 Å². The second-order valence-corrected chi connectivity index (χ2v) is 12.5. The van der Waals surface area contributed by atoms with Crippen LogP contribution < -0.4 is 0 Å².